The van der Waals surface area contributed by atoms with Crippen LogP contribution in [0.5, 0.6) is 0 Å². The molecule has 0 saturated heterocycles. The molecule has 0 aromatic rings. The van der Waals surface area contributed by atoms with Crippen molar-refractivity contribution >= 4 is 11.9 Å². The number of nitrogens with one attached hydrogen (secondary N) is 1. The van der Waals surface area contributed by atoms with Gasteiger partial charge in [-0.05, 0) is 51.4 Å². The summed E-state index contributed by atoms with van der Waals surface area (Å²) in [5.74, 6) is -0.491. The zero-order chi connectivity index (χ0) is 46.7. The second-order valence-electron chi connectivity index (χ2n) is 19.1. The van der Waals surface area contributed by atoms with Crippen LogP contribution in [-0.2, 0) is 14.3 Å². The van der Waals surface area contributed by atoms with Gasteiger partial charge >= 0.3 is 5.97 Å². The van der Waals surface area contributed by atoms with Crippen LogP contribution in [0.25, 0.3) is 0 Å². The van der Waals surface area contributed by atoms with Crippen molar-refractivity contribution in [1.29, 1.82) is 0 Å². The van der Waals surface area contributed by atoms with Crippen LogP contribution in [0.3, 0.4) is 0 Å². The lowest BCUT2D eigenvalue weighted by Crippen LogP contribution is -2.46. The SMILES string of the molecule is CCCCC/C=C/C=C/C=C/C=C/CCCCCCCC(=O)OC(CCCCCCCCCCCC)CC(=O)NC(CO)C(O)CCCCCCCCCCCCCCCCCCC. The molecule has 3 N–H and O–H groups in total. The second kappa shape index (κ2) is 51.8. The standard InChI is InChI=1S/C58H107NO5/c1-4-7-10-13-16-19-22-24-26-28-30-32-34-36-39-42-45-48-51-58(63)64-54(49-46-43-40-37-21-18-15-12-9-6-3)52-57(62)59-55(53-60)56(61)50-47-44-41-38-35-33-31-29-27-25-23-20-17-14-11-8-5-2/h16,19,22,24,26,28,30,32,54-56,60-61H,4-15,17-18,20-21,23,25,27,29,31,33-53H2,1-3H3,(H,59,62)/b19-16+,24-22+,28-26+,32-30+. The number of rotatable bonds is 50. The molecular formula is C58H107NO5. The van der Waals surface area contributed by atoms with Gasteiger partial charge < -0.3 is 20.3 Å². The quantitative estimate of drug-likeness (QED) is 0.0321. The monoisotopic (exact) mass is 898 g/mol. The van der Waals surface area contributed by atoms with Crippen molar-refractivity contribution in [3.63, 3.8) is 0 Å². The first-order valence-electron chi connectivity index (χ1n) is 27.9. The highest BCUT2D eigenvalue weighted by atomic mass is 16.5. The lowest BCUT2D eigenvalue weighted by atomic mass is 10.0. The van der Waals surface area contributed by atoms with E-state index in [1.807, 2.05) is 0 Å². The number of carbonyl (C=O) groups is 2. The maximum atomic E-state index is 13.2. The molecule has 6 heteroatoms. The Morgan fingerprint density at radius 1 is 0.453 bits per heavy atom. The Bertz CT molecular complexity index is 1100. The highest BCUT2D eigenvalue weighted by molar-refractivity contribution is 5.77. The Balaban J connectivity index is 4.47. The largest absolute Gasteiger partial charge is 0.462 e. The zero-order valence-electron chi connectivity index (χ0n) is 42.7. The van der Waals surface area contributed by atoms with Gasteiger partial charge in [0.05, 0.1) is 25.2 Å². The summed E-state index contributed by atoms with van der Waals surface area (Å²) in [4.78, 5) is 26.2. The number of ether oxygens (including phenoxy) is 1. The van der Waals surface area contributed by atoms with Crippen molar-refractivity contribution in [1.82, 2.24) is 5.32 Å². The fourth-order valence-electron chi connectivity index (χ4n) is 8.50. The van der Waals surface area contributed by atoms with Gasteiger partial charge in [0.2, 0.25) is 5.91 Å². The molecule has 0 radical (unpaired) electrons. The summed E-state index contributed by atoms with van der Waals surface area (Å²) in [6, 6.07) is -0.705. The summed E-state index contributed by atoms with van der Waals surface area (Å²) in [7, 11) is 0. The maximum absolute atomic E-state index is 13.2. The smallest absolute Gasteiger partial charge is 0.306 e. The molecular weight excluding hydrogens is 791 g/mol. The van der Waals surface area contributed by atoms with Gasteiger partial charge in [-0.15, -0.1) is 0 Å². The summed E-state index contributed by atoms with van der Waals surface area (Å²) < 4.78 is 5.93. The molecule has 0 aliphatic heterocycles. The average molecular weight is 898 g/mol. The Morgan fingerprint density at radius 2 is 0.797 bits per heavy atom. The second-order valence-corrected chi connectivity index (χ2v) is 19.1. The molecule has 3 unspecified atom stereocenters. The van der Waals surface area contributed by atoms with E-state index in [4.69, 9.17) is 4.74 Å². The number of unbranched alkanes of at least 4 members (excludes halogenated alkanes) is 33. The van der Waals surface area contributed by atoms with Gasteiger partial charge in [0.15, 0.2) is 0 Å². The number of carbonyl (C=O) groups excluding carboxylic acids is 2. The Labute approximate surface area is 397 Å². The topological polar surface area (TPSA) is 95.9 Å². The fourth-order valence-corrected chi connectivity index (χ4v) is 8.50. The number of esters is 1. The van der Waals surface area contributed by atoms with Crippen LogP contribution in [-0.4, -0.2) is 46.9 Å². The van der Waals surface area contributed by atoms with Gasteiger partial charge in [-0.2, -0.15) is 0 Å². The van der Waals surface area contributed by atoms with E-state index in [2.05, 4.69) is 74.7 Å². The molecule has 0 heterocycles. The maximum Gasteiger partial charge on any atom is 0.306 e. The minimum atomic E-state index is -0.791. The van der Waals surface area contributed by atoms with Crippen LogP contribution < -0.4 is 5.32 Å². The average Bonchev–Trinajstić information content (AvgIpc) is 3.29. The predicted octanol–water partition coefficient (Wildman–Crippen LogP) is 17.0. The summed E-state index contributed by atoms with van der Waals surface area (Å²) in [5.41, 5.74) is 0. The molecule has 1 amide bonds. The number of allylic oxidation sites excluding steroid dienone is 8. The van der Waals surface area contributed by atoms with Crippen molar-refractivity contribution < 1.29 is 24.5 Å². The molecule has 374 valence electrons. The first-order valence-corrected chi connectivity index (χ1v) is 27.9. The zero-order valence-corrected chi connectivity index (χ0v) is 42.7. The lowest BCUT2D eigenvalue weighted by Gasteiger charge is -2.24. The van der Waals surface area contributed by atoms with E-state index in [0.29, 0.717) is 19.3 Å². The Hall–Kier alpha value is -2.18. The van der Waals surface area contributed by atoms with Crippen LogP contribution in [0.1, 0.15) is 284 Å². The van der Waals surface area contributed by atoms with Crippen LogP contribution in [0.15, 0.2) is 48.6 Å². The van der Waals surface area contributed by atoms with E-state index in [1.54, 1.807) is 0 Å². The third-order valence-corrected chi connectivity index (χ3v) is 12.8. The molecule has 0 aliphatic carbocycles. The van der Waals surface area contributed by atoms with E-state index in [1.165, 1.54) is 167 Å². The van der Waals surface area contributed by atoms with Gasteiger partial charge in [-0.3, -0.25) is 9.59 Å². The molecule has 0 saturated carbocycles. The van der Waals surface area contributed by atoms with Gasteiger partial charge in [0.1, 0.15) is 6.10 Å². The molecule has 0 aliphatic rings. The van der Waals surface area contributed by atoms with Gasteiger partial charge in [0, 0.05) is 6.42 Å². The molecule has 0 spiro atoms. The molecule has 6 nitrogen and oxygen atoms in total. The molecule has 0 fully saturated rings. The van der Waals surface area contributed by atoms with E-state index in [-0.39, 0.29) is 24.9 Å². The van der Waals surface area contributed by atoms with Gasteiger partial charge in [-0.25, -0.2) is 0 Å². The molecule has 0 rings (SSSR count). The molecule has 0 aromatic heterocycles. The highest BCUT2D eigenvalue weighted by Gasteiger charge is 2.24. The Morgan fingerprint density at radius 3 is 1.23 bits per heavy atom. The van der Waals surface area contributed by atoms with Crippen LogP contribution >= 0.6 is 0 Å². The van der Waals surface area contributed by atoms with Crippen molar-refractivity contribution in [2.75, 3.05) is 6.61 Å². The van der Waals surface area contributed by atoms with Crippen LogP contribution in [0, 0.1) is 0 Å². The number of aliphatic hydroxyl groups excluding tert-OH is 2. The van der Waals surface area contributed by atoms with Crippen molar-refractivity contribution in [3.8, 4) is 0 Å². The van der Waals surface area contributed by atoms with E-state index in [0.717, 1.165) is 70.6 Å². The molecule has 0 aromatic carbocycles. The lowest BCUT2D eigenvalue weighted by molar-refractivity contribution is -0.151. The normalized spacial score (nSPS) is 13.5. The van der Waals surface area contributed by atoms with Crippen molar-refractivity contribution in [2.24, 2.45) is 0 Å². The first-order chi connectivity index (χ1) is 31.5. The molecule has 3 atom stereocenters. The van der Waals surface area contributed by atoms with Crippen LogP contribution in [0.4, 0.5) is 0 Å². The number of hydrogen-bond acceptors (Lipinski definition) is 5. The fraction of sp³-hybridized carbons (Fsp3) is 0.828. The number of aliphatic hydroxyl groups is 2. The third-order valence-electron chi connectivity index (χ3n) is 12.8. The summed E-state index contributed by atoms with van der Waals surface area (Å²) in [6.45, 7) is 6.46. The minimum Gasteiger partial charge on any atom is -0.462 e. The van der Waals surface area contributed by atoms with E-state index >= 15 is 0 Å². The van der Waals surface area contributed by atoms with Crippen LogP contribution in [0.2, 0.25) is 0 Å². The van der Waals surface area contributed by atoms with Gasteiger partial charge in [-0.1, -0.05) is 268 Å². The van der Waals surface area contributed by atoms with Crippen molar-refractivity contribution in [2.45, 2.75) is 302 Å². The van der Waals surface area contributed by atoms with Crippen molar-refractivity contribution in [3.05, 3.63) is 48.6 Å². The minimum absolute atomic E-state index is 0.0701. The highest BCUT2D eigenvalue weighted by Crippen LogP contribution is 2.18. The van der Waals surface area contributed by atoms with E-state index < -0.39 is 18.2 Å². The molecule has 64 heavy (non-hydrogen) atoms. The predicted molar refractivity (Wildman–Crippen MR) is 278 cm³/mol. The summed E-state index contributed by atoms with van der Waals surface area (Å²) >= 11 is 0. The molecule has 0 bridgehead atoms. The number of amides is 1. The summed E-state index contributed by atoms with van der Waals surface area (Å²) in [5, 5.41) is 23.8. The van der Waals surface area contributed by atoms with Gasteiger partial charge in [0.25, 0.3) is 0 Å². The summed E-state index contributed by atoms with van der Waals surface area (Å²) in [6.07, 6.45) is 63.1. The first kappa shape index (κ1) is 61.8. The Kier molecular flexibility index (Phi) is 50.0. The van der Waals surface area contributed by atoms with E-state index in [9.17, 15) is 19.8 Å². The third kappa shape index (κ3) is 46.4. The number of hydrogen-bond donors (Lipinski definition) is 3.